The van der Waals surface area contributed by atoms with Crippen molar-refractivity contribution in [3.63, 3.8) is 0 Å². The molecule has 0 N–H and O–H groups in total. The Bertz CT molecular complexity index is 1230. The van der Waals surface area contributed by atoms with Gasteiger partial charge in [0.2, 0.25) is 0 Å². The van der Waals surface area contributed by atoms with Gasteiger partial charge in [0.15, 0.2) is 5.78 Å². The fourth-order valence-electron chi connectivity index (χ4n) is 4.60. The highest BCUT2D eigenvalue weighted by Crippen LogP contribution is 2.31. The molecule has 0 atom stereocenters. The summed E-state index contributed by atoms with van der Waals surface area (Å²) < 4.78 is 11.5. The van der Waals surface area contributed by atoms with Crippen molar-refractivity contribution in [3.8, 4) is 0 Å². The molecule has 2 aromatic carbocycles. The molecular formula is C34H45NO4. The van der Waals surface area contributed by atoms with Crippen LogP contribution in [0.15, 0.2) is 53.0 Å². The van der Waals surface area contributed by atoms with Gasteiger partial charge in [-0.2, -0.15) is 0 Å². The minimum atomic E-state index is -0.395. The third-order valence-electron chi connectivity index (χ3n) is 6.83. The summed E-state index contributed by atoms with van der Waals surface area (Å²) in [4.78, 5) is 28.6. The molecule has 0 aliphatic heterocycles. The Morgan fingerprint density at radius 3 is 2.15 bits per heavy atom. The van der Waals surface area contributed by atoms with Gasteiger partial charge in [-0.15, -0.1) is 0 Å². The van der Waals surface area contributed by atoms with E-state index in [1.165, 1.54) is 25.7 Å². The highest BCUT2D eigenvalue weighted by Gasteiger charge is 2.23. The zero-order chi connectivity index (χ0) is 28.2. The van der Waals surface area contributed by atoms with E-state index in [9.17, 15) is 9.59 Å². The van der Waals surface area contributed by atoms with Crippen LogP contribution in [-0.2, 0) is 11.2 Å². The topological polar surface area (TPSA) is 59.8 Å². The summed E-state index contributed by atoms with van der Waals surface area (Å²) in [6, 6.07) is 13.0. The lowest BCUT2D eigenvalue weighted by Crippen LogP contribution is -2.26. The average Bonchev–Trinajstić information content (AvgIpc) is 3.30. The van der Waals surface area contributed by atoms with Gasteiger partial charge in [0.25, 0.3) is 0 Å². The average molecular weight is 532 g/mol. The molecule has 1 aromatic heterocycles. The fourth-order valence-corrected chi connectivity index (χ4v) is 4.60. The van der Waals surface area contributed by atoms with Crippen LogP contribution in [0.4, 0.5) is 0 Å². The van der Waals surface area contributed by atoms with Crippen molar-refractivity contribution >= 4 is 28.8 Å². The van der Waals surface area contributed by atoms with Gasteiger partial charge in [-0.25, -0.2) is 4.79 Å². The number of aryl methyl sites for hydroxylation is 1. The van der Waals surface area contributed by atoms with Gasteiger partial charge in [-0.05, 0) is 70.0 Å². The Balaban J connectivity index is 1.80. The number of nitrogens with zero attached hydrogens (tertiary/aromatic N) is 1. The normalized spacial score (nSPS) is 11.8. The molecule has 3 aromatic rings. The second-order valence-electron chi connectivity index (χ2n) is 10.5. The van der Waals surface area contributed by atoms with Gasteiger partial charge in [-0.1, -0.05) is 76.5 Å². The molecular weight excluding hydrogens is 486 g/mol. The van der Waals surface area contributed by atoms with Crippen LogP contribution in [0.25, 0.3) is 17.0 Å². The maximum Gasteiger partial charge on any atom is 0.338 e. The number of unbranched alkanes of at least 4 members (excludes halogenated alkanes) is 3. The molecule has 0 fully saturated rings. The van der Waals surface area contributed by atoms with Crippen molar-refractivity contribution in [3.05, 3.63) is 76.6 Å². The number of rotatable bonds is 16. The molecule has 0 bridgehead atoms. The summed E-state index contributed by atoms with van der Waals surface area (Å²) in [5.74, 6) is 0.224. The number of hydrogen-bond acceptors (Lipinski definition) is 5. The first-order chi connectivity index (χ1) is 18.9. The van der Waals surface area contributed by atoms with Crippen molar-refractivity contribution in [1.82, 2.24) is 4.90 Å². The first-order valence-corrected chi connectivity index (χ1v) is 14.7. The third kappa shape index (κ3) is 8.66. The van der Waals surface area contributed by atoms with Crippen LogP contribution in [-0.4, -0.2) is 42.4 Å². The molecule has 0 unspecified atom stereocenters. The van der Waals surface area contributed by atoms with Crippen molar-refractivity contribution in [2.24, 2.45) is 0 Å². The molecule has 210 valence electrons. The Kier molecular flexibility index (Phi) is 12.0. The van der Waals surface area contributed by atoms with Gasteiger partial charge in [0.1, 0.15) is 11.3 Å². The Morgan fingerprint density at radius 1 is 0.897 bits per heavy atom. The van der Waals surface area contributed by atoms with E-state index in [2.05, 4.69) is 37.8 Å². The quantitative estimate of drug-likeness (QED) is 0.137. The maximum absolute atomic E-state index is 13.7. The van der Waals surface area contributed by atoms with Crippen LogP contribution < -0.4 is 0 Å². The SMILES string of the molecule is CCCCc1oc2cc(C(=O)OC(C)C)ccc2c1C(=O)c1ccc(C=CCN(CCCC)CCCC)cc1. The van der Waals surface area contributed by atoms with E-state index in [4.69, 9.17) is 9.15 Å². The maximum atomic E-state index is 13.7. The highest BCUT2D eigenvalue weighted by atomic mass is 16.5. The highest BCUT2D eigenvalue weighted by molar-refractivity contribution is 6.17. The lowest BCUT2D eigenvalue weighted by Gasteiger charge is -2.19. The third-order valence-corrected chi connectivity index (χ3v) is 6.83. The number of hydrogen-bond donors (Lipinski definition) is 0. The van der Waals surface area contributed by atoms with Gasteiger partial charge >= 0.3 is 5.97 Å². The number of esters is 1. The van der Waals surface area contributed by atoms with E-state index in [0.717, 1.165) is 43.4 Å². The lowest BCUT2D eigenvalue weighted by molar-refractivity contribution is 0.0378. The molecule has 0 aliphatic carbocycles. The van der Waals surface area contributed by atoms with Crippen molar-refractivity contribution in [2.75, 3.05) is 19.6 Å². The molecule has 1 heterocycles. The smallest absolute Gasteiger partial charge is 0.338 e. The minimum absolute atomic E-state index is 0.0572. The van der Waals surface area contributed by atoms with Crippen LogP contribution in [0.5, 0.6) is 0 Å². The number of fused-ring (bicyclic) bond motifs is 1. The van der Waals surface area contributed by atoms with Crippen LogP contribution in [0.1, 0.15) is 111 Å². The summed E-state index contributed by atoms with van der Waals surface area (Å²) in [6.07, 6.45) is 11.6. The van der Waals surface area contributed by atoms with Crippen LogP contribution >= 0.6 is 0 Å². The van der Waals surface area contributed by atoms with Crippen LogP contribution in [0.2, 0.25) is 0 Å². The Hall–Kier alpha value is -3.18. The number of furan rings is 1. The fraction of sp³-hybridized carbons (Fsp3) is 0.471. The van der Waals surface area contributed by atoms with E-state index in [1.54, 1.807) is 18.2 Å². The largest absolute Gasteiger partial charge is 0.460 e. The molecule has 0 spiro atoms. The Morgan fingerprint density at radius 2 is 1.54 bits per heavy atom. The summed E-state index contributed by atoms with van der Waals surface area (Å²) in [5.41, 5.74) is 3.26. The second kappa shape index (κ2) is 15.4. The first-order valence-electron chi connectivity index (χ1n) is 14.7. The van der Waals surface area contributed by atoms with Gasteiger partial charge in [0, 0.05) is 23.9 Å². The zero-order valence-electron chi connectivity index (χ0n) is 24.4. The van der Waals surface area contributed by atoms with E-state index in [-0.39, 0.29) is 11.9 Å². The minimum Gasteiger partial charge on any atom is -0.460 e. The molecule has 0 saturated carbocycles. The number of ketones is 1. The van der Waals surface area contributed by atoms with Crippen LogP contribution in [0, 0.1) is 0 Å². The summed E-state index contributed by atoms with van der Waals surface area (Å²) in [6.45, 7) is 13.4. The Labute approximate surface area is 234 Å². The number of carbonyl (C=O) groups is 2. The van der Waals surface area contributed by atoms with E-state index in [0.29, 0.717) is 34.5 Å². The monoisotopic (exact) mass is 531 g/mol. The van der Waals surface area contributed by atoms with Crippen molar-refractivity contribution < 1.29 is 18.7 Å². The number of carbonyl (C=O) groups excluding carboxylic acids is 2. The predicted octanol–water partition coefficient (Wildman–Crippen LogP) is 8.49. The molecule has 5 heteroatoms. The van der Waals surface area contributed by atoms with Gasteiger partial charge < -0.3 is 9.15 Å². The zero-order valence-corrected chi connectivity index (χ0v) is 24.4. The molecule has 3 rings (SSSR count). The predicted molar refractivity (Wildman–Crippen MR) is 161 cm³/mol. The van der Waals surface area contributed by atoms with E-state index < -0.39 is 5.97 Å². The molecule has 0 amide bonds. The molecule has 0 radical (unpaired) electrons. The number of ether oxygens (including phenoxy) is 1. The molecule has 39 heavy (non-hydrogen) atoms. The molecule has 5 nitrogen and oxygen atoms in total. The summed E-state index contributed by atoms with van der Waals surface area (Å²) in [5, 5.41) is 0.732. The standard InChI is InChI=1S/C34H45NO4/c1-6-9-14-30-32(29-20-19-28(24-31(29)39-30)34(37)38-25(4)5)33(36)27-17-15-26(16-18-27)13-12-23-35(21-10-7-2)22-11-8-3/h12-13,15-20,24-25H,6-11,14,21-23H2,1-5H3. The molecule has 0 aliphatic rings. The van der Waals surface area contributed by atoms with Gasteiger partial charge in [-0.3, -0.25) is 9.69 Å². The summed E-state index contributed by atoms with van der Waals surface area (Å²) in [7, 11) is 0. The van der Waals surface area contributed by atoms with Crippen molar-refractivity contribution in [1.29, 1.82) is 0 Å². The summed E-state index contributed by atoms with van der Waals surface area (Å²) >= 11 is 0. The van der Waals surface area contributed by atoms with Crippen molar-refractivity contribution in [2.45, 2.75) is 85.7 Å². The van der Waals surface area contributed by atoms with E-state index >= 15 is 0 Å². The van der Waals surface area contributed by atoms with Gasteiger partial charge in [0.05, 0.1) is 17.2 Å². The van der Waals surface area contributed by atoms with Crippen LogP contribution in [0.3, 0.4) is 0 Å². The second-order valence-corrected chi connectivity index (χ2v) is 10.5. The first kappa shape index (κ1) is 30.4. The molecule has 0 saturated heterocycles. The number of benzene rings is 2. The lowest BCUT2D eigenvalue weighted by atomic mass is 9.97. The van der Waals surface area contributed by atoms with E-state index in [1.807, 2.05) is 38.1 Å².